The number of aromatic nitrogens is 1. The Morgan fingerprint density at radius 2 is 1.92 bits per heavy atom. The van der Waals surface area contributed by atoms with E-state index in [0.29, 0.717) is 28.1 Å². The van der Waals surface area contributed by atoms with Gasteiger partial charge in [0, 0.05) is 17.8 Å². The van der Waals surface area contributed by atoms with Crippen molar-refractivity contribution in [3.05, 3.63) is 95.5 Å². The summed E-state index contributed by atoms with van der Waals surface area (Å²) in [6, 6.07) is 19.3. The van der Waals surface area contributed by atoms with Crippen LogP contribution in [0.5, 0.6) is 11.5 Å². The zero-order valence-corrected chi connectivity index (χ0v) is 21.3. The average Bonchev–Trinajstić information content (AvgIpc) is 3.53. The Kier molecular flexibility index (Phi) is 6.54. The Morgan fingerprint density at radius 3 is 2.59 bits per heavy atom. The van der Waals surface area contributed by atoms with Gasteiger partial charge in [-0.15, -0.1) is 0 Å². The number of nitrogens with zero attached hydrogens (tertiary/aromatic N) is 2. The molecule has 1 aliphatic rings. The minimum absolute atomic E-state index is 0.227. The van der Waals surface area contributed by atoms with E-state index in [0.717, 1.165) is 22.5 Å². The molecule has 2 aromatic carbocycles. The minimum atomic E-state index is -0.971. The summed E-state index contributed by atoms with van der Waals surface area (Å²) < 4.78 is 17.6. The summed E-state index contributed by atoms with van der Waals surface area (Å²) in [5.41, 5.74) is 3.37. The Bertz CT molecular complexity index is 1470. The number of anilines is 1. The fourth-order valence-corrected chi connectivity index (χ4v) is 4.96. The topological polar surface area (TPSA) is 97.1 Å². The van der Waals surface area contributed by atoms with E-state index in [2.05, 4.69) is 10.3 Å². The van der Waals surface area contributed by atoms with Crippen LogP contribution in [0, 0.1) is 6.92 Å². The molecule has 3 heterocycles. The number of nitrogens with one attached hydrogen (secondary N) is 1. The van der Waals surface area contributed by atoms with E-state index in [1.165, 1.54) is 0 Å². The van der Waals surface area contributed by atoms with E-state index in [1.54, 1.807) is 38.6 Å². The number of methoxy groups -OCH3 is 2. The average molecular weight is 516 g/mol. The first-order valence-corrected chi connectivity index (χ1v) is 12.0. The summed E-state index contributed by atoms with van der Waals surface area (Å²) in [4.78, 5) is 17.9. The normalized spacial score (nSPS) is 16.9. The van der Waals surface area contributed by atoms with E-state index in [-0.39, 0.29) is 11.6 Å². The van der Waals surface area contributed by atoms with Crippen LogP contribution in [0.15, 0.2) is 77.3 Å². The van der Waals surface area contributed by atoms with Crippen LogP contribution < -0.4 is 19.7 Å². The summed E-state index contributed by atoms with van der Waals surface area (Å²) >= 11 is 5.82. The highest BCUT2D eigenvalue weighted by atomic mass is 32.1. The Morgan fingerprint density at radius 1 is 1.08 bits per heavy atom. The number of carboxylic acids is 1. The second-order valence-corrected chi connectivity index (χ2v) is 8.96. The lowest BCUT2D eigenvalue weighted by atomic mass is 10.0. The molecule has 2 atom stereocenters. The molecule has 2 aromatic heterocycles. The third-order valence-corrected chi connectivity index (χ3v) is 6.72. The third-order valence-electron chi connectivity index (χ3n) is 6.40. The van der Waals surface area contributed by atoms with Crippen molar-refractivity contribution < 1.29 is 23.8 Å². The first kappa shape index (κ1) is 24.3. The summed E-state index contributed by atoms with van der Waals surface area (Å²) in [6.07, 6.45) is 1.74. The first-order valence-electron chi connectivity index (χ1n) is 11.6. The molecule has 0 unspecified atom stereocenters. The highest BCUT2D eigenvalue weighted by Crippen LogP contribution is 2.46. The first-order chi connectivity index (χ1) is 17.9. The van der Waals surface area contributed by atoms with Crippen molar-refractivity contribution in [2.75, 3.05) is 19.1 Å². The van der Waals surface area contributed by atoms with Crippen LogP contribution in [0.1, 0.15) is 39.5 Å². The van der Waals surface area contributed by atoms with E-state index >= 15 is 0 Å². The number of hydrogen-bond donors (Lipinski definition) is 2. The molecule has 0 saturated carbocycles. The van der Waals surface area contributed by atoms with Crippen molar-refractivity contribution >= 4 is 29.0 Å². The monoisotopic (exact) mass is 515 g/mol. The van der Waals surface area contributed by atoms with Gasteiger partial charge in [0.15, 0.2) is 5.11 Å². The van der Waals surface area contributed by atoms with Gasteiger partial charge in [-0.05, 0) is 73.2 Å². The second-order valence-electron chi connectivity index (χ2n) is 8.57. The number of aryl methyl sites for hydroxylation is 1. The minimum Gasteiger partial charge on any atom is -0.497 e. The zero-order chi connectivity index (χ0) is 26.1. The van der Waals surface area contributed by atoms with Gasteiger partial charge in [-0.25, -0.2) is 4.79 Å². The van der Waals surface area contributed by atoms with Crippen LogP contribution >= 0.6 is 12.2 Å². The molecular weight excluding hydrogens is 490 g/mol. The molecule has 9 heteroatoms. The SMILES string of the molecule is COc1ccc(OC)c(N2C(=S)N[C@@H](c3ccccn3)[C@@H]2c2ccc(-c3ccc(C(=O)O)cc3C)o2)c1. The van der Waals surface area contributed by atoms with E-state index in [9.17, 15) is 9.90 Å². The second kappa shape index (κ2) is 9.94. The molecule has 0 aliphatic carbocycles. The molecule has 1 saturated heterocycles. The molecule has 188 valence electrons. The highest BCUT2D eigenvalue weighted by Gasteiger charge is 2.43. The summed E-state index contributed by atoms with van der Waals surface area (Å²) in [7, 11) is 3.22. The van der Waals surface area contributed by atoms with E-state index < -0.39 is 12.0 Å². The lowest BCUT2D eigenvalue weighted by molar-refractivity contribution is 0.0696. The Balaban J connectivity index is 1.63. The Labute approximate surface area is 219 Å². The number of furan rings is 1. The van der Waals surface area contributed by atoms with Crippen molar-refractivity contribution in [2.24, 2.45) is 0 Å². The van der Waals surface area contributed by atoms with Crippen molar-refractivity contribution in [2.45, 2.75) is 19.0 Å². The molecule has 4 aromatic rings. The van der Waals surface area contributed by atoms with Crippen LogP contribution in [0.25, 0.3) is 11.3 Å². The summed E-state index contributed by atoms with van der Waals surface area (Å²) in [5.74, 6) is 1.60. The number of ether oxygens (including phenoxy) is 2. The van der Waals surface area contributed by atoms with Crippen molar-refractivity contribution in [1.82, 2.24) is 10.3 Å². The molecule has 2 N–H and O–H groups in total. The van der Waals surface area contributed by atoms with Crippen LogP contribution in [0.3, 0.4) is 0 Å². The summed E-state index contributed by atoms with van der Waals surface area (Å²) in [5, 5.41) is 13.2. The van der Waals surface area contributed by atoms with Crippen LogP contribution in [0.4, 0.5) is 5.69 Å². The number of aromatic carboxylic acids is 1. The molecule has 5 rings (SSSR count). The fourth-order valence-electron chi connectivity index (χ4n) is 4.62. The molecule has 1 aliphatic heterocycles. The number of pyridine rings is 1. The number of benzene rings is 2. The molecule has 0 amide bonds. The number of hydrogen-bond acceptors (Lipinski definition) is 6. The van der Waals surface area contributed by atoms with Gasteiger partial charge in [-0.2, -0.15) is 0 Å². The number of carboxylic acid groups (broad SMARTS) is 1. The number of carbonyl (C=O) groups is 1. The van der Waals surface area contributed by atoms with Crippen molar-refractivity contribution in [3.8, 4) is 22.8 Å². The van der Waals surface area contributed by atoms with Crippen LogP contribution in [0.2, 0.25) is 0 Å². The lowest BCUT2D eigenvalue weighted by Gasteiger charge is -2.27. The predicted octanol–water partition coefficient (Wildman–Crippen LogP) is 5.54. The van der Waals surface area contributed by atoms with Gasteiger partial charge in [0.05, 0.1) is 37.2 Å². The maximum atomic E-state index is 11.4. The smallest absolute Gasteiger partial charge is 0.335 e. The quantitative estimate of drug-likeness (QED) is 0.307. The fraction of sp³-hybridized carbons (Fsp3) is 0.179. The molecule has 0 bridgehead atoms. The van der Waals surface area contributed by atoms with Crippen LogP contribution in [-0.2, 0) is 0 Å². The molecule has 37 heavy (non-hydrogen) atoms. The zero-order valence-electron chi connectivity index (χ0n) is 20.5. The molecule has 0 spiro atoms. The molecule has 8 nitrogen and oxygen atoms in total. The highest BCUT2D eigenvalue weighted by molar-refractivity contribution is 7.80. The lowest BCUT2D eigenvalue weighted by Crippen LogP contribution is -2.29. The van der Waals surface area contributed by atoms with E-state index in [4.69, 9.17) is 26.1 Å². The summed E-state index contributed by atoms with van der Waals surface area (Å²) in [6.45, 7) is 1.86. The number of thiocarbonyl (C=S) groups is 1. The van der Waals surface area contributed by atoms with Crippen molar-refractivity contribution in [1.29, 1.82) is 0 Å². The largest absolute Gasteiger partial charge is 0.497 e. The van der Waals surface area contributed by atoms with Gasteiger partial charge < -0.3 is 29.2 Å². The molecular formula is C28H25N3O5S. The maximum absolute atomic E-state index is 11.4. The van der Waals surface area contributed by atoms with Gasteiger partial charge in [0.2, 0.25) is 0 Å². The van der Waals surface area contributed by atoms with Gasteiger partial charge >= 0.3 is 5.97 Å². The van der Waals surface area contributed by atoms with Crippen molar-refractivity contribution in [3.63, 3.8) is 0 Å². The van der Waals surface area contributed by atoms with Gasteiger partial charge in [0.1, 0.15) is 29.1 Å². The Hall–Kier alpha value is -4.37. The van der Waals surface area contributed by atoms with E-state index in [1.807, 2.05) is 60.4 Å². The van der Waals surface area contributed by atoms with Crippen LogP contribution in [-0.4, -0.2) is 35.4 Å². The number of rotatable bonds is 7. The predicted molar refractivity (Wildman–Crippen MR) is 143 cm³/mol. The standard InChI is InChI=1S/C28H25N3O5S/c1-16-14-17(27(32)33)7-9-19(16)22-11-12-24(36-22)26-25(20-6-4-5-13-29-20)30-28(37)31(26)21-15-18(34-2)8-10-23(21)35-3/h4-15,25-26H,1-3H3,(H,30,37)(H,32,33)/t25-,26-/m0/s1. The van der Waals surface area contributed by atoms with Gasteiger partial charge in [-0.1, -0.05) is 12.1 Å². The molecule has 0 radical (unpaired) electrons. The maximum Gasteiger partial charge on any atom is 0.335 e. The van der Waals surface area contributed by atoms with Gasteiger partial charge in [-0.3, -0.25) is 4.98 Å². The third kappa shape index (κ3) is 4.49. The van der Waals surface area contributed by atoms with Gasteiger partial charge in [0.25, 0.3) is 0 Å². The molecule has 1 fully saturated rings.